The number of nitrogens with one attached hydrogen (secondary N) is 1. The molecule has 3 nitrogen and oxygen atoms in total. The number of fused-ring (bicyclic) bond motifs is 1. The summed E-state index contributed by atoms with van der Waals surface area (Å²) < 4.78 is 5.29. The number of carbonyl (C=O) groups is 1. The highest BCUT2D eigenvalue weighted by Gasteiger charge is 2.26. The zero-order chi connectivity index (χ0) is 13.3. The van der Waals surface area contributed by atoms with Crippen molar-refractivity contribution in [2.24, 2.45) is 0 Å². The Balaban J connectivity index is 2.06. The number of hydrogen-bond donors (Lipinski definition) is 1. The van der Waals surface area contributed by atoms with Crippen molar-refractivity contribution < 1.29 is 9.53 Å². The second-order valence-electron chi connectivity index (χ2n) is 5.88. The van der Waals surface area contributed by atoms with Crippen LogP contribution in [0.25, 0.3) is 0 Å². The van der Waals surface area contributed by atoms with Crippen LogP contribution in [0.5, 0.6) is 0 Å². The molecule has 0 saturated heterocycles. The lowest BCUT2D eigenvalue weighted by Gasteiger charge is -2.22. The lowest BCUT2D eigenvalue weighted by molar-refractivity contribution is 0.0503. The highest BCUT2D eigenvalue weighted by atomic mass is 16.6. The normalized spacial score (nSPS) is 18.3. The zero-order valence-electron chi connectivity index (χ0n) is 11.5. The molecule has 0 spiro atoms. The summed E-state index contributed by atoms with van der Waals surface area (Å²) in [6.07, 6.45) is 1.66. The van der Waals surface area contributed by atoms with Crippen molar-refractivity contribution in [1.82, 2.24) is 5.32 Å². The number of aryl methyl sites for hydroxylation is 1. The molecule has 1 unspecified atom stereocenters. The van der Waals surface area contributed by atoms with Gasteiger partial charge in [-0.25, -0.2) is 4.79 Å². The number of amides is 1. The Morgan fingerprint density at radius 1 is 1.39 bits per heavy atom. The lowest BCUT2D eigenvalue weighted by Crippen LogP contribution is -2.34. The molecule has 2 rings (SSSR count). The van der Waals surface area contributed by atoms with Gasteiger partial charge in [0.2, 0.25) is 0 Å². The predicted octanol–water partition coefficient (Wildman–Crippen LogP) is 3.51. The zero-order valence-corrected chi connectivity index (χ0v) is 11.5. The summed E-state index contributed by atoms with van der Waals surface area (Å²) in [5, 5.41) is 2.96. The van der Waals surface area contributed by atoms with Gasteiger partial charge in [0.25, 0.3) is 0 Å². The molecule has 98 valence electrons. The van der Waals surface area contributed by atoms with Crippen LogP contribution in [0.1, 0.15) is 49.9 Å². The average molecular weight is 247 g/mol. The number of benzene rings is 1. The minimum atomic E-state index is -0.446. The van der Waals surface area contributed by atoms with Crippen molar-refractivity contribution in [1.29, 1.82) is 0 Å². The van der Waals surface area contributed by atoms with Gasteiger partial charge in [-0.05, 0) is 57.2 Å². The fourth-order valence-electron chi connectivity index (χ4n) is 2.44. The van der Waals surface area contributed by atoms with Gasteiger partial charge in [-0.15, -0.1) is 0 Å². The first-order valence-corrected chi connectivity index (χ1v) is 6.45. The number of rotatable bonds is 1. The molecule has 1 N–H and O–H groups in total. The predicted molar refractivity (Wildman–Crippen MR) is 71.6 cm³/mol. The fourth-order valence-corrected chi connectivity index (χ4v) is 2.44. The molecule has 0 radical (unpaired) electrons. The molecule has 1 atom stereocenters. The van der Waals surface area contributed by atoms with Gasteiger partial charge in [0.05, 0.1) is 6.04 Å². The first-order chi connectivity index (χ1) is 8.37. The Kier molecular flexibility index (Phi) is 3.33. The van der Waals surface area contributed by atoms with Gasteiger partial charge in [-0.3, -0.25) is 0 Å². The summed E-state index contributed by atoms with van der Waals surface area (Å²) in [7, 11) is 0. The van der Waals surface area contributed by atoms with E-state index in [1.54, 1.807) is 0 Å². The summed E-state index contributed by atoms with van der Waals surface area (Å²) in [6, 6.07) is 6.35. The van der Waals surface area contributed by atoms with Gasteiger partial charge in [-0.2, -0.15) is 0 Å². The molecule has 0 fully saturated rings. The summed E-state index contributed by atoms with van der Waals surface area (Å²) in [4.78, 5) is 11.8. The van der Waals surface area contributed by atoms with Crippen molar-refractivity contribution in [3.05, 3.63) is 34.9 Å². The minimum absolute atomic E-state index is 0.0924. The maximum Gasteiger partial charge on any atom is 0.408 e. The Morgan fingerprint density at radius 3 is 2.78 bits per heavy atom. The molecular formula is C15H21NO2. The van der Waals surface area contributed by atoms with E-state index in [1.807, 2.05) is 26.8 Å². The number of alkyl carbamates (subject to hydrolysis) is 1. The third-order valence-electron chi connectivity index (χ3n) is 3.20. The van der Waals surface area contributed by atoms with Crippen LogP contribution < -0.4 is 5.32 Å². The SMILES string of the molecule is Cc1cccc2c1CCC2NC(=O)OC(C)(C)C. The van der Waals surface area contributed by atoms with Gasteiger partial charge < -0.3 is 10.1 Å². The Hall–Kier alpha value is -1.51. The molecule has 1 amide bonds. The first-order valence-electron chi connectivity index (χ1n) is 6.45. The van der Waals surface area contributed by atoms with Crippen LogP contribution in [0.2, 0.25) is 0 Å². The third kappa shape index (κ3) is 2.84. The monoisotopic (exact) mass is 247 g/mol. The summed E-state index contributed by atoms with van der Waals surface area (Å²) in [5.74, 6) is 0. The molecule has 0 aromatic heterocycles. The second-order valence-corrected chi connectivity index (χ2v) is 5.88. The maximum atomic E-state index is 11.8. The van der Waals surface area contributed by atoms with Gasteiger partial charge in [0.1, 0.15) is 5.60 Å². The van der Waals surface area contributed by atoms with Crippen molar-refractivity contribution in [2.45, 2.75) is 52.2 Å². The molecule has 1 aromatic carbocycles. The van der Waals surface area contributed by atoms with E-state index in [0.717, 1.165) is 12.8 Å². The fraction of sp³-hybridized carbons (Fsp3) is 0.533. The molecular weight excluding hydrogens is 226 g/mol. The molecule has 0 heterocycles. The van der Waals surface area contributed by atoms with E-state index < -0.39 is 5.60 Å². The van der Waals surface area contributed by atoms with Crippen LogP contribution in [0.15, 0.2) is 18.2 Å². The van der Waals surface area contributed by atoms with Crippen LogP contribution in [0.4, 0.5) is 4.79 Å². The number of hydrogen-bond acceptors (Lipinski definition) is 2. The highest BCUT2D eigenvalue weighted by Crippen LogP contribution is 2.33. The molecule has 0 aliphatic heterocycles. The largest absolute Gasteiger partial charge is 0.444 e. The van der Waals surface area contributed by atoms with Crippen LogP contribution in [-0.2, 0) is 11.2 Å². The number of carbonyl (C=O) groups excluding carboxylic acids is 1. The summed E-state index contributed by atoms with van der Waals surface area (Å²) >= 11 is 0. The topological polar surface area (TPSA) is 38.3 Å². The molecule has 0 saturated carbocycles. The van der Waals surface area contributed by atoms with E-state index in [4.69, 9.17) is 4.74 Å². The lowest BCUT2D eigenvalue weighted by atomic mass is 10.0. The number of ether oxygens (including phenoxy) is 1. The molecule has 1 aliphatic rings. The van der Waals surface area contributed by atoms with Crippen molar-refractivity contribution >= 4 is 6.09 Å². The third-order valence-corrected chi connectivity index (χ3v) is 3.20. The maximum absolute atomic E-state index is 11.8. The smallest absolute Gasteiger partial charge is 0.408 e. The second kappa shape index (κ2) is 4.63. The Bertz CT molecular complexity index is 460. The van der Waals surface area contributed by atoms with E-state index in [-0.39, 0.29) is 12.1 Å². The van der Waals surface area contributed by atoms with E-state index in [9.17, 15) is 4.79 Å². The van der Waals surface area contributed by atoms with Gasteiger partial charge in [-0.1, -0.05) is 18.2 Å². The standard InChI is InChI=1S/C15H21NO2/c1-10-6-5-7-12-11(10)8-9-13(12)16-14(17)18-15(2,3)4/h5-7,13H,8-9H2,1-4H3,(H,16,17). The Morgan fingerprint density at radius 2 is 2.11 bits per heavy atom. The molecule has 1 aromatic rings. The Labute approximate surface area is 109 Å². The van der Waals surface area contributed by atoms with Gasteiger partial charge in [0, 0.05) is 0 Å². The van der Waals surface area contributed by atoms with Crippen LogP contribution >= 0.6 is 0 Å². The minimum Gasteiger partial charge on any atom is -0.444 e. The van der Waals surface area contributed by atoms with Crippen LogP contribution in [0, 0.1) is 6.92 Å². The van der Waals surface area contributed by atoms with Crippen molar-refractivity contribution in [3.63, 3.8) is 0 Å². The quantitative estimate of drug-likeness (QED) is 0.824. The van der Waals surface area contributed by atoms with Crippen LogP contribution in [0.3, 0.4) is 0 Å². The van der Waals surface area contributed by atoms with Gasteiger partial charge >= 0.3 is 6.09 Å². The van der Waals surface area contributed by atoms with Crippen LogP contribution in [-0.4, -0.2) is 11.7 Å². The molecule has 0 bridgehead atoms. The van der Waals surface area contributed by atoms with E-state index in [0.29, 0.717) is 0 Å². The van der Waals surface area contributed by atoms with E-state index in [1.165, 1.54) is 16.7 Å². The molecule has 18 heavy (non-hydrogen) atoms. The molecule has 3 heteroatoms. The van der Waals surface area contributed by atoms with E-state index >= 15 is 0 Å². The van der Waals surface area contributed by atoms with Crippen molar-refractivity contribution in [3.8, 4) is 0 Å². The van der Waals surface area contributed by atoms with Gasteiger partial charge in [0.15, 0.2) is 0 Å². The summed E-state index contributed by atoms with van der Waals surface area (Å²) in [6.45, 7) is 7.74. The average Bonchev–Trinajstić information content (AvgIpc) is 2.60. The van der Waals surface area contributed by atoms with Crippen molar-refractivity contribution in [2.75, 3.05) is 0 Å². The summed E-state index contributed by atoms with van der Waals surface area (Å²) in [5.41, 5.74) is 3.47. The highest BCUT2D eigenvalue weighted by molar-refractivity contribution is 5.68. The van der Waals surface area contributed by atoms with E-state index in [2.05, 4.69) is 24.4 Å². The first kappa shape index (κ1) is 12.9. The molecule has 1 aliphatic carbocycles.